The van der Waals surface area contributed by atoms with Gasteiger partial charge in [0, 0.05) is 0 Å². The minimum atomic E-state index is -4.36. The lowest BCUT2D eigenvalue weighted by atomic mass is 10.1. The van der Waals surface area contributed by atoms with Crippen LogP contribution in [-0.4, -0.2) is 24.7 Å². The van der Waals surface area contributed by atoms with Crippen molar-refractivity contribution in [2.24, 2.45) is 0 Å². The molecular formula is C11H13F3O3. The zero-order valence-electron chi connectivity index (χ0n) is 9.20. The number of rotatable bonds is 5. The first-order valence-corrected chi connectivity index (χ1v) is 4.94. The van der Waals surface area contributed by atoms with E-state index in [4.69, 9.17) is 4.74 Å². The summed E-state index contributed by atoms with van der Waals surface area (Å²) in [4.78, 5) is 0. The Balaban J connectivity index is 2.39. The Bertz CT molecular complexity index is 350. The van der Waals surface area contributed by atoms with Crippen molar-refractivity contribution in [3.05, 3.63) is 29.8 Å². The summed E-state index contributed by atoms with van der Waals surface area (Å²) in [5.41, 5.74) is 0.623. The maximum absolute atomic E-state index is 11.7. The molecule has 1 aromatic carbocycles. The molecule has 0 bridgehead atoms. The molecule has 1 atom stereocenters. The van der Waals surface area contributed by atoms with Gasteiger partial charge in [0.25, 0.3) is 0 Å². The predicted molar refractivity (Wildman–Crippen MR) is 54.6 cm³/mol. The highest BCUT2D eigenvalue weighted by Crippen LogP contribution is 2.19. The molecule has 1 unspecified atom stereocenters. The first-order valence-electron chi connectivity index (χ1n) is 4.94. The summed E-state index contributed by atoms with van der Waals surface area (Å²) in [6, 6.07) is 6.44. The summed E-state index contributed by atoms with van der Waals surface area (Å²) in [6.45, 7) is -0.245. The fraction of sp³-hybridized carbons (Fsp3) is 0.455. The molecule has 0 aliphatic carbocycles. The van der Waals surface area contributed by atoms with Gasteiger partial charge in [0.2, 0.25) is 0 Å². The topological polar surface area (TPSA) is 38.7 Å². The summed E-state index contributed by atoms with van der Waals surface area (Å²) >= 11 is 0. The first-order chi connectivity index (χ1) is 7.88. The molecule has 6 heteroatoms. The molecule has 0 fully saturated rings. The number of ether oxygens (including phenoxy) is 2. The lowest BCUT2D eigenvalue weighted by molar-refractivity contribution is -0.186. The van der Waals surface area contributed by atoms with Gasteiger partial charge >= 0.3 is 6.18 Å². The van der Waals surface area contributed by atoms with Crippen molar-refractivity contribution >= 4 is 0 Å². The zero-order chi connectivity index (χ0) is 12.9. The van der Waals surface area contributed by atoms with Gasteiger partial charge in [-0.2, -0.15) is 13.2 Å². The molecule has 0 saturated carbocycles. The highest BCUT2D eigenvalue weighted by Gasteiger charge is 2.27. The van der Waals surface area contributed by atoms with Crippen LogP contribution in [0.4, 0.5) is 13.2 Å². The largest absolute Gasteiger partial charge is 0.468 e. The fourth-order valence-corrected chi connectivity index (χ4v) is 1.13. The van der Waals surface area contributed by atoms with E-state index >= 15 is 0 Å². The summed E-state index contributed by atoms with van der Waals surface area (Å²) in [6.07, 6.45) is -5.01. The van der Waals surface area contributed by atoms with E-state index in [-0.39, 0.29) is 0 Å². The predicted octanol–water partition coefficient (Wildman–Crippen LogP) is 2.66. The Hall–Kier alpha value is -1.27. The SMILES string of the molecule is CC(O)c1cccc(OCOCC(F)(F)F)c1. The van der Waals surface area contributed by atoms with Gasteiger partial charge in [-0.3, -0.25) is 0 Å². The van der Waals surface area contributed by atoms with Crippen molar-refractivity contribution in [1.82, 2.24) is 0 Å². The standard InChI is InChI=1S/C11H13F3O3/c1-8(15)9-3-2-4-10(5-9)17-7-16-6-11(12,13)14/h2-5,8,15H,6-7H2,1H3. The number of halogens is 3. The molecule has 1 N–H and O–H groups in total. The van der Waals surface area contributed by atoms with E-state index in [1.807, 2.05) is 0 Å². The quantitative estimate of drug-likeness (QED) is 0.645. The number of aliphatic hydroxyl groups excluding tert-OH is 1. The third-order valence-corrected chi connectivity index (χ3v) is 1.92. The van der Waals surface area contributed by atoms with Crippen molar-refractivity contribution in [1.29, 1.82) is 0 Å². The minimum absolute atomic E-state index is 0.352. The van der Waals surface area contributed by atoms with Crippen molar-refractivity contribution in [2.45, 2.75) is 19.2 Å². The van der Waals surface area contributed by atoms with Crippen LogP contribution in [0.5, 0.6) is 5.75 Å². The van der Waals surface area contributed by atoms with Gasteiger partial charge in [-0.15, -0.1) is 0 Å². The molecule has 96 valence electrons. The number of benzene rings is 1. The number of aliphatic hydroxyl groups is 1. The maximum atomic E-state index is 11.7. The Kier molecular flexibility index (Phi) is 4.77. The molecule has 0 aliphatic rings. The highest BCUT2D eigenvalue weighted by atomic mass is 19.4. The van der Waals surface area contributed by atoms with Crippen molar-refractivity contribution in [3.8, 4) is 5.75 Å². The van der Waals surface area contributed by atoms with Gasteiger partial charge in [0.1, 0.15) is 12.4 Å². The highest BCUT2D eigenvalue weighted by molar-refractivity contribution is 5.29. The van der Waals surface area contributed by atoms with Crippen LogP contribution < -0.4 is 4.74 Å². The Labute approximate surface area is 96.8 Å². The molecular weight excluding hydrogens is 237 g/mol. The average Bonchev–Trinajstić information content (AvgIpc) is 2.23. The van der Waals surface area contributed by atoms with Gasteiger partial charge in [-0.05, 0) is 24.6 Å². The van der Waals surface area contributed by atoms with Gasteiger partial charge in [-0.1, -0.05) is 12.1 Å². The van der Waals surface area contributed by atoms with E-state index in [1.165, 1.54) is 0 Å². The van der Waals surface area contributed by atoms with Crippen molar-refractivity contribution in [3.63, 3.8) is 0 Å². The third-order valence-electron chi connectivity index (χ3n) is 1.92. The number of hydrogen-bond acceptors (Lipinski definition) is 3. The summed E-state index contributed by atoms with van der Waals surface area (Å²) < 4.78 is 44.5. The van der Waals surface area contributed by atoms with E-state index in [0.717, 1.165) is 0 Å². The maximum Gasteiger partial charge on any atom is 0.411 e. The van der Waals surface area contributed by atoms with Crippen LogP contribution in [0.15, 0.2) is 24.3 Å². The van der Waals surface area contributed by atoms with E-state index in [2.05, 4.69) is 4.74 Å². The molecule has 1 rings (SSSR count). The lowest BCUT2D eigenvalue weighted by Crippen LogP contribution is -2.19. The Morgan fingerprint density at radius 1 is 1.35 bits per heavy atom. The van der Waals surface area contributed by atoms with E-state index in [9.17, 15) is 18.3 Å². The molecule has 0 saturated heterocycles. The summed E-state index contributed by atoms with van der Waals surface area (Å²) in [5, 5.41) is 9.29. The molecule has 0 aromatic heterocycles. The van der Waals surface area contributed by atoms with Gasteiger partial charge in [-0.25, -0.2) is 0 Å². The van der Waals surface area contributed by atoms with Gasteiger partial charge < -0.3 is 14.6 Å². The van der Waals surface area contributed by atoms with E-state index in [0.29, 0.717) is 11.3 Å². The Morgan fingerprint density at radius 2 is 2.06 bits per heavy atom. The van der Waals surface area contributed by atoms with E-state index in [1.54, 1.807) is 31.2 Å². The summed E-state index contributed by atoms with van der Waals surface area (Å²) in [5.74, 6) is 0.352. The van der Waals surface area contributed by atoms with Crippen molar-refractivity contribution < 1.29 is 27.8 Å². The fourth-order valence-electron chi connectivity index (χ4n) is 1.13. The number of alkyl halides is 3. The first kappa shape index (κ1) is 13.8. The third kappa shape index (κ3) is 5.55. The average molecular weight is 250 g/mol. The second-order valence-corrected chi connectivity index (χ2v) is 3.47. The molecule has 1 aromatic rings. The van der Waals surface area contributed by atoms with Gasteiger partial charge in [0.05, 0.1) is 6.10 Å². The monoisotopic (exact) mass is 250 g/mol. The van der Waals surface area contributed by atoms with Crippen molar-refractivity contribution in [2.75, 3.05) is 13.4 Å². The molecule has 0 aliphatic heterocycles. The van der Waals surface area contributed by atoms with Crippen LogP contribution in [0.25, 0.3) is 0 Å². The minimum Gasteiger partial charge on any atom is -0.468 e. The molecule has 0 radical (unpaired) electrons. The molecule has 0 spiro atoms. The van der Waals surface area contributed by atoms with Crippen LogP contribution in [0.2, 0.25) is 0 Å². The molecule has 17 heavy (non-hydrogen) atoms. The number of hydrogen-bond donors (Lipinski definition) is 1. The summed E-state index contributed by atoms with van der Waals surface area (Å²) in [7, 11) is 0. The normalized spacial score (nSPS) is 13.5. The second kappa shape index (κ2) is 5.88. The molecule has 3 nitrogen and oxygen atoms in total. The molecule has 0 heterocycles. The van der Waals surface area contributed by atoms with Crippen LogP contribution >= 0.6 is 0 Å². The van der Waals surface area contributed by atoms with Crippen LogP contribution in [0.1, 0.15) is 18.6 Å². The molecule has 0 amide bonds. The van der Waals surface area contributed by atoms with E-state index < -0.39 is 25.7 Å². The van der Waals surface area contributed by atoms with Crippen LogP contribution in [0.3, 0.4) is 0 Å². The lowest BCUT2D eigenvalue weighted by Gasteiger charge is -2.11. The smallest absolute Gasteiger partial charge is 0.411 e. The van der Waals surface area contributed by atoms with Crippen LogP contribution in [-0.2, 0) is 4.74 Å². The zero-order valence-corrected chi connectivity index (χ0v) is 9.20. The van der Waals surface area contributed by atoms with Gasteiger partial charge in [0.15, 0.2) is 6.79 Å². The van der Waals surface area contributed by atoms with Crippen LogP contribution in [0, 0.1) is 0 Å². The second-order valence-electron chi connectivity index (χ2n) is 3.47. The Morgan fingerprint density at radius 3 is 2.65 bits per heavy atom.